The topological polar surface area (TPSA) is 37.9 Å². The Labute approximate surface area is 98.9 Å². The summed E-state index contributed by atoms with van der Waals surface area (Å²) in [6.07, 6.45) is 5.73. The molecule has 17 heavy (non-hydrogen) atoms. The Morgan fingerprint density at radius 3 is 3.06 bits per heavy atom. The smallest absolute Gasteiger partial charge is 0.123 e. The first-order chi connectivity index (χ1) is 8.29. The molecule has 0 atom stereocenters. The number of nitrogens with one attached hydrogen (secondary N) is 1. The molecule has 2 aromatic rings. The maximum Gasteiger partial charge on any atom is 0.123 e. The van der Waals surface area contributed by atoms with E-state index in [0.717, 1.165) is 11.1 Å². The highest BCUT2D eigenvalue weighted by Crippen LogP contribution is 2.22. The van der Waals surface area contributed by atoms with Crippen LogP contribution >= 0.6 is 0 Å². The molecule has 2 rings (SSSR count). The van der Waals surface area contributed by atoms with Gasteiger partial charge in [0.15, 0.2) is 0 Å². The van der Waals surface area contributed by atoms with E-state index < -0.39 is 0 Å². The average molecular weight is 232 g/mol. The molecule has 0 aliphatic carbocycles. The second-order valence-electron chi connectivity index (χ2n) is 3.64. The summed E-state index contributed by atoms with van der Waals surface area (Å²) in [5.41, 5.74) is 1.78. The van der Waals surface area contributed by atoms with Crippen LogP contribution in [0.1, 0.15) is 11.1 Å². The summed E-state index contributed by atoms with van der Waals surface area (Å²) >= 11 is 0. The third-order valence-electron chi connectivity index (χ3n) is 2.33. The molecule has 0 spiro atoms. The predicted octanol–water partition coefficient (Wildman–Crippen LogP) is 2.70. The van der Waals surface area contributed by atoms with Crippen LogP contribution in [0.3, 0.4) is 0 Å². The molecule has 0 aliphatic rings. The summed E-state index contributed by atoms with van der Waals surface area (Å²) in [4.78, 5) is 0. The van der Waals surface area contributed by atoms with E-state index in [1.807, 2.05) is 0 Å². The maximum absolute atomic E-state index is 13.2. The Hall–Kier alpha value is -2.10. The summed E-state index contributed by atoms with van der Waals surface area (Å²) in [5, 5.41) is 6.58. The van der Waals surface area contributed by atoms with Crippen LogP contribution in [-0.4, -0.2) is 16.8 Å². The van der Waals surface area contributed by atoms with Crippen molar-refractivity contribution in [2.75, 3.05) is 6.61 Å². The molecule has 0 aliphatic heterocycles. The van der Waals surface area contributed by atoms with Crippen molar-refractivity contribution in [3.05, 3.63) is 60.2 Å². The Bertz CT molecular complexity index is 494. The van der Waals surface area contributed by atoms with Gasteiger partial charge in [-0.25, -0.2) is 4.39 Å². The Morgan fingerprint density at radius 1 is 1.47 bits per heavy atom. The van der Waals surface area contributed by atoms with Crippen molar-refractivity contribution in [2.24, 2.45) is 0 Å². The van der Waals surface area contributed by atoms with Crippen molar-refractivity contribution in [1.82, 2.24) is 10.2 Å². The number of hydrogen-bond donors (Lipinski definition) is 1. The summed E-state index contributed by atoms with van der Waals surface area (Å²) in [6, 6.07) is 4.50. The van der Waals surface area contributed by atoms with Crippen molar-refractivity contribution >= 4 is 0 Å². The lowest BCUT2D eigenvalue weighted by molar-refractivity contribution is 0.359. The lowest BCUT2D eigenvalue weighted by Crippen LogP contribution is -1.98. The predicted molar refractivity (Wildman–Crippen MR) is 63.5 cm³/mol. The van der Waals surface area contributed by atoms with Crippen LogP contribution in [0.5, 0.6) is 5.75 Å². The fourth-order valence-electron chi connectivity index (χ4n) is 1.57. The van der Waals surface area contributed by atoms with Gasteiger partial charge in [0.05, 0.1) is 6.20 Å². The first-order valence-corrected chi connectivity index (χ1v) is 5.29. The highest BCUT2D eigenvalue weighted by Gasteiger charge is 2.07. The van der Waals surface area contributed by atoms with E-state index in [9.17, 15) is 4.39 Å². The van der Waals surface area contributed by atoms with E-state index in [4.69, 9.17) is 4.74 Å². The summed E-state index contributed by atoms with van der Waals surface area (Å²) < 4.78 is 18.7. The maximum atomic E-state index is 13.2. The minimum atomic E-state index is -0.269. The summed E-state index contributed by atoms with van der Waals surface area (Å²) in [5.74, 6) is 0.405. The fraction of sp³-hybridized carbons (Fsp3) is 0.154. The lowest BCUT2D eigenvalue weighted by Gasteiger charge is -2.09. The first kappa shape index (κ1) is 11.4. The van der Waals surface area contributed by atoms with Gasteiger partial charge in [-0.05, 0) is 23.8 Å². The number of rotatable bonds is 5. The van der Waals surface area contributed by atoms with Crippen LogP contribution < -0.4 is 4.74 Å². The number of ether oxygens (including phenoxy) is 1. The van der Waals surface area contributed by atoms with Gasteiger partial charge >= 0.3 is 0 Å². The average Bonchev–Trinajstić information content (AvgIpc) is 2.81. The van der Waals surface area contributed by atoms with Crippen molar-refractivity contribution in [1.29, 1.82) is 0 Å². The molecule has 0 amide bonds. The molecule has 0 fully saturated rings. The summed E-state index contributed by atoms with van der Waals surface area (Å²) in [7, 11) is 0. The van der Waals surface area contributed by atoms with Gasteiger partial charge in [-0.2, -0.15) is 5.10 Å². The molecule has 3 nitrogen and oxygen atoms in total. The van der Waals surface area contributed by atoms with Crippen molar-refractivity contribution in [3.8, 4) is 5.75 Å². The Kier molecular flexibility index (Phi) is 3.55. The molecule has 0 bridgehead atoms. The third-order valence-corrected chi connectivity index (χ3v) is 2.33. The first-order valence-electron chi connectivity index (χ1n) is 5.29. The van der Waals surface area contributed by atoms with E-state index in [0.29, 0.717) is 18.8 Å². The number of aromatic amines is 1. The van der Waals surface area contributed by atoms with Crippen molar-refractivity contribution < 1.29 is 9.13 Å². The van der Waals surface area contributed by atoms with E-state index in [1.165, 1.54) is 12.1 Å². The van der Waals surface area contributed by atoms with Crippen molar-refractivity contribution in [2.45, 2.75) is 6.42 Å². The highest BCUT2D eigenvalue weighted by atomic mass is 19.1. The normalized spacial score (nSPS) is 10.2. The van der Waals surface area contributed by atoms with Crippen molar-refractivity contribution in [3.63, 3.8) is 0 Å². The minimum absolute atomic E-state index is 0.269. The van der Waals surface area contributed by atoms with Gasteiger partial charge in [0.2, 0.25) is 0 Å². The van der Waals surface area contributed by atoms with Gasteiger partial charge in [0.1, 0.15) is 18.2 Å². The van der Waals surface area contributed by atoms with E-state index in [1.54, 1.807) is 24.5 Å². The molecule has 0 unspecified atom stereocenters. The number of halogens is 1. The molecule has 4 heteroatoms. The molecule has 0 saturated heterocycles. The van der Waals surface area contributed by atoms with Gasteiger partial charge in [-0.3, -0.25) is 5.10 Å². The zero-order chi connectivity index (χ0) is 12.1. The Morgan fingerprint density at radius 2 is 2.35 bits per heavy atom. The molecular weight excluding hydrogens is 219 g/mol. The zero-order valence-corrected chi connectivity index (χ0v) is 9.32. The number of H-pyrrole nitrogens is 1. The van der Waals surface area contributed by atoms with E-state index in [2.05, 4.69) is 16.8 Å². The largest absolute Gasteiger partial charge is 0.489 e. The second-order valence-corrected chi connectivity index (χ2v) is 3.64. The quantitative estimate of drug-likeness (QED) is 0.805. The standard InChI is InChI=1S/C13H13FN2O/c1-2-5-17-13-4-3-12(14)7-11(13)6-10-8-15-16-9-10/h2-4,7-9H,1,5-6H2,(H,15,16). The van der Waals surface area contributed by atoms with Crippen LogP contribution in [0.15, 0.2) is 43.2 Å². The number of benzene rings is 1. The molecule has 1 aromatic carbocycles. The minimum Gasteiger partial charge on any atom is -0.489 e. The molecule has 88 valence electrons. The molecular formula is C13H13FN2O. The molecule has 1 aromatic heterocycles. The fourth-order valence-corrected chi connectivity index (χ4v) is 1.57. The van der Waals surface area contributed by atoms with Crippen LogP contribution in [0.2, 0.25) is 0 Å². The number of hydrogen-bond acceptors (Lipinski definition) is 2. The number of aromatic nitrogens is 2. The zero-order valence-electron chi connectivity index (χ0n) is 9.32. The van der Waals surface area contributed by atoms with Gasteiger partial charge in [0, 0.05) is 18.2 Å². The summed E-state index contributed by atoms with van der Waals surface area (Å²) in [6.45, 7) is 3.99. The monoisotopic (exact) mass is 232 g/mol. The highest BCUT2D eigenvalue weighted by molar-refractivity contribution is 5.37. The second kappa shape index (κ2) is 5.30. The molecule has 1 N–H and O–H groups in total. The van der Waals surface area contributed by atoms with Crippen LogP contribution in [0, 0.1) is 5.82 Å². The van der Waals surface area contributed by atoms with E-state index >= 15 is 0 Å². The SMILES string of the molecule is C=CCOc1ccc(F)cc1Cc1cn[nH]c1. The van der Waals surface area contributed by atoms with Gasteiger partial charge in [0.25, 0.3) is 0 Å². The molecule has 0 saturated carbocycles. The van der Waals surface area contributed by atoms with Gasteiger partial charge in [-0.1, -0.05) is 12.7 Å². The van der Waals surface area contributed by atoms with Crippen LogP contribution in [-0.2, 0) is 6.42 Å². The van der Waals surface area contributed by atoms with Crippen LogP contribution in [0.4, 0.5) is 4.39 Å². The van der Waals surface area contributed by atoms with Crippen LogP contribution in [0.25, 0.3) is 0 Å². The van der Waals surface area contributed by atoms with Gasteiger partial charge < -0.3 is 4.74 Å². The molecule has 1 heterocycles. The van der Waals surface area contributed by atoms with E-state index in [-0.39, 0.29) is 5.82 Å². The lowest BCUT2D eigenvalue weighted by atomic mass is 10.1. The Balaban J connectivity index is 2.23. The number of nitrogens with zero attached hydrogens (tertiary/aromatic N) is 1. The van der Waals surface area contributed by atoms with Gasteiger partial charge in [-0.15, -0.1) is 0 Å². The third kappa shape index (κ3) is 2.93. The molecule has 0 radical (unpaired) electrons.